The van der Waals surface area contributed by atoms with Gasteiger partial charge in [0.1, 0.15) is 0 Å². The van der Waals surface area contributed by atoms with E-state index in [-0.39, 0.29) is 11.9 Å². The predicted molar refractivity (Wildman–Crippen MR) is 68.0 cm³/mol. The van der Waals surface area contributed by atoms with Gasteiger partial charge in [-0.1, -0.05) is 25.1 Å². The summed E-state index contributed by atoms with van der Waals surface area (Å²) >= 11 is 5.03. The Kier molecular flexibility index (Phi) is 3.19. The van der Waals surface area contributed by atoms with E-state index in [4.69, 9.17) is 18.0 Å². The molecule has 3 nitrogen and oxygen atoms in total. The Bertz CT molecular complexity index is 308. The SMILES string of the molecule is CC(NC(=O)C1(C(N)=S)CCC1)C1CCC1. The van der Waals surface area contributed by atoms with Gasteiger partial charge in [0.15, 0.2) is 0 Å². The molecule has 0 radical (unpaired) electrons. The molecule has 0 aromatic heterocycles. The van der Waals surface area contributed by atoms with Gasteiger partial charge < -0.3 is 11.1 Å². The summed E-state index contributed by atoms with van der Waals surface area (Å²) in [5.41, 5.74) is 5.18. The molecular weight excluding hydrogens is 220 g/mol. The van der Waals surface area contributed by atoms with Gasteiger partial charge in [-0.15, -0.1) is 0 Å². The molecule has 0 aromatic rings. The monoisotopic (exact) mass is 240 g/mol. The highest BCUT2D eigenvalue weighted by Crippen LogP contribution is 2.42. The summed E-state index contributed by atoms with van der Waals surface area (Å²) in [7, 11) is 0. The van der Waals surface area contributed by atoms with Crippen molar-refractivity contribution in [1.29, 1.82) is 0 Å². The second-order valence-electron chi connectivity index (χ2n) is 5.25. The molecule has 1 amide bonds. The molecular formula is C12H20N2OS. The van der Waals surface area contributed by atoms with Crippen molar-refractivity contribution in [1.82, 2.24) is 5.32 Å². The molecule has 2 saturated carbocycles. The van der Waals surface area contributed by atoms with Crippen LogP contribution in [-0.4, -0.2) is 16.9 Å². The number of carbonyl (C=O) groups is 1. The lowest BCUT2D eigenvalue weighted by molar-refractivity contribution is -0.132. The zero-order chi connectivity index (χ0) is 11.8. The first-order chi connectivity index (χ1) is 7.56. The summed E-state index contributed by atoms with van der Waals surface area (Å²) in [5.74, 6) is 0.720. The van der Waals surface area contributed by atoms with Crippen molar-refractivity contribution in [3.8, 4) is 0 Å². The Morgan fingerprint density at radius 1 is 1.44 bits per heavy atom. The number of thiocarbonyl (C=S) groups is 1. The lowest BCUT2D eigenvalue weighted by atomic mass is 9.67. The fraction of sp³-hybridized carbons (Fsp3) is 0.833. The first kappa shape index (κ1) is 11.8. The van der Waals surface area contributed by atoms with Crippen molar-refractivity contribution in [2.24, 2.45) is 17.1 Å². The van der Waals surface area contributed by atoms with E-state index in [9.17, 15) is 4.79 Å². The van der Waals surface area contributed by atoms with Crippen molar-refractivity contribution in [2.75, 3.05) is 0 Å². The predicted octanol–water partition coefficient (Wildman–Crippen LogP) is 1.75. The van der Waals surface area contributed by atoms with E-state index in [1.807, 2.05) is 0 Å². The topological polar surface area (TPSA) is 55.1 Å². The fourth-order valence-electron chi connectivity index (χ4n) is 2.52. The number of carbonyl (C=O) groups excluding carboxylic acids is 1. The van der Waals surface area contributed by atoms with Crippen LogP contribution in [0.1, 0.15) is 45.4 Å². The molecule has 2 rings (SSSR count). The van der Waals surface area contributed by atoms with Crippen LogP contribution >= 0.6 is 12.2 Å². The van der Waals surface area contributed by atoms with Crippen molar-refractivity contribution < 1.29 is 4.79 Å². The zero-order valence-electron chi connectivity index (χ0n) is 9.79. The Labute approximate surface area is 102 Å². The van der Waals surface area contributed by atoms with Gasteiger partial charge in [0, 0.05) is 6.04 Å². The number of nitrogens with one attached hydrogen (secondary N) is 1. The Balaban J connectivity index is 1.93. The highest BCUT2D eigenvalue weighted by Gasteiger charge is 2.47. The van der Waals surface area contributed by atoms with Crippen molar-refractivity contribution >= 4 is 23.1 Å². The van der Waals surface area contributed by atoms with Gasteiger partial charge in [-0.2, -0.15) is 0 Å². The average molecular weight is 240 g/mol. The molecule has 4 heteroatoms. The molecule has 1 atom stereocenters. The molecule has 0 aromatic carbocycles. The van der Waals surface area contributed by atoms with Crippen LogP contribution in [0.25, 0.3) is 0 Å². The van der Waals surface area contributed by atoms with E-state index < -0.39 is 5.41 Å². The van der Waals surface area contributed by atoms with Crippen LogP contribution in [0.5, 0.6) is 0 Å². The largest absolute Gasteiger partial charge is 0.392 e. The minimum Gasteiger partial charge on any atom is -0.392 e. The lowest BCUT2D eigenvalue weighted by Gasteiger charge is -2.41. The molecule has 0 bridgehead atoms. The van der Waals surface area contributed by atoms with E-state index in [1.54, 1.807) is 0 Å². The molecule has 0 heterocycles. The maximum absolute atomic E-state index is 12.2. The number of amides is 1. The lowest BCUT2D eigenvalue weighted by Crippen LogP contribution is -2.56. The highest BCUT2D eigenvalue weighted by atomic mass is 32.1. The highest BCUT2D eigenvalue weighted by molar-refractivity contribution is 7.80. The molecule has 1 unspecified atom stereocenters. The Hall–Kier alpha value is -0.640. The Morgan fingerprint density at radius 3 is 2.38 bits per heavy atom. The zero-order valence-corrected chi connectivity index (χ0v) is 10.6. The van der Waals surface area contributed by atoms with Crippen molar-refractivity contribution in [3.05, 3.63) is 0 Å². The van der Waals surface area contributed by atoms with Gasteiger partial charge in [-0.25, -0.2) is 0 Å². The normalized spacial score (nSPS) is 25.1. The molecule has 2 fully saturated rings. The van der Waals surface area contributed by atoms with Gasteiger partial charge in [-0.05, 0) is 38.5 Å². The van der Waals surface area contributed by atoms with Gasteiger partial charge in [0.25, 0.3) is 0 Å². The third-order valence-electron chi connectivity index (χ3n) is 4.33. The van der Waals surface area contributed by atoms with E-state index >= 15 is 0 Å². The summed E-state index contributed by atoms with van der Waals surface area (Å²) in [6, 6.07) is 0.271. The minimum absolute atomic E-state index is 0.0608. The van der Waals surface area contributed by atoms with Crippen LogP contribution in [0, 0.1) is 11.3 Å². The van der Waals surface area contributed by atoms with Crippen LogP contribution in [0.15, 0.2) is 0 Å². The fourth-order valence-corrected chi connectivity index (χ4v) is 2.82. The summed E-state index contributed by atoms with van der Waals surface area (Å²) < 4.78 is 0. The van der Waals surface area contributed by atoms with Crippen LogP contribution in [-0.2, 0) is 4.79 Å². The van der Waals surface area contributed by atoms with Gasteiger partial charge in [0.05, 0.1) is 10.4 Å². The summed E-state index contributed by atoms with van der Waals surface area (Å²) in [5, 5.41) is 3.10. The molecule has 90 valence electrons. The third kappa shape index (κ3) is 1.83. The summed E-state index contributed by atoms with van der Waals surface area (Å²) in [6.45, 7) is 2.09. The minimum atomic E-state index is -0.520. The summed E-state index contributed by atoms with van der Waals surface area (Å²) in [4.78, 5) is 12.5. The molecule has 2 aliphatic carbocycles. The number of rotatable bonds is 4. The van der Waals surface area contributed by atoms with Crippen molar-refractivity contribution in [3.63, 3.8) is 0 Å². The maximum atomic E-state index is 12.2. The van der Waals surface area contributed by atoms with Crippen molar-refractivity contribution in [2.45, 2.75) is 51.5 Å². The van der Waals surface area contributed by atoms with Gasteiger partial charge >= 0.3 is 0 Å². The number of nitrogens with two attached hydrogens (primary N) is 1. The first-order valence-corrected chi connectivity index (χ1v) is 6.58. The van der Waals surface area contributed by atoms with E-state index in [2.05, 4.69) is 12.2 Å². The van der Waals surface area contributed by atoms with Gasteiger partial charge in [0.2, 0.25) is 5.91 Å². The molecule has 3 N–H and O–H groups in total. The molecule has 16 heavy (non-hydrogen) atoms. The van der Waals surface area contributed by atoms with Crippen LogP contribution in [0.3, 0.4) is 0 Å². The quantitative estimate of drug-likeness (QED) is 0.736. The van der Waals surface area contributed by atoms with E-state index in [0.29, 0.717) is 10.9 Å². The summed E-state index contributed by atoms with van der Waals surface area (Å²) in [6.07, 6.45) is 6.48. The molecule has 0 saturated heterocycles. The standard InChI is InChI=1S/C12H20N2OS/c1-8(9-4-2-5-9)14-11(15)12(10(13)16)6-3-7-12/h8-9H,2-7H2,1H3,(H2,13,16)(H,14,15). The second-order valence-corrected chi connectivity index (χ2v) is 5.69. The maximum Gasteiger partial charge on any atom is 0.233 e. The molecule has 0 spiro atoms. The van der Waals surface area contributed by atoms with Crippen LogP contribution < -0.4 is 11.1 Å². The molecule has 2 aliphatic rings. The third-order valence-corrected chi connectivity index (χ3v) is 4.72. The Morgan fingerprint density at radius 2 is 2.06 bits per heavy atom. The van der Waals surface area contributed by atoms with E-state index in [0.717, 1.165) is 19.3 Å². The van der Waals surface area contributed by atoms with Gasteiger partial charge in [-0.3, -0.25) is 4.79 Å². The number of hydrogen-bond acceptors (Lipinski definition) is 2. The first-order valence-electron chi connectivity index (χ1n) is 6.17. The second kappa shape index (κ2) is 4.32. The average Bonchev–Trinajstić information content (AvgIpc) is 1.95. The molecule has 0 aliphatic heterocycles. The van der Waals surface area contributed by atoms with E-state index in [1.165, 1.54) is 19.3 Å². The smallest absolute Gasteiger partial charge is 0.233 e. The van der Waals surface area contributed by atoms with Crippen LogP contribution in [0.2, 0.25) is 0 Å². The van der Waals surface area contributed by atoms with Crippen LogP contribution in [0.4, 0.5) is 0 Å². The number of hydrogen-bond donors (Lipinski definition) is 2.